The maximum atomic E-state index is 12.7. The number of aryl methyl sites for hydroxylation is 1. The van der Waals surface area contributed by atoms with E-state index in [1.807, 2.05) is 12.1 Å². The van der Waals surface area contributed by atoms with Crippen LogP contribution in [-0.4, -0.2) is 37.2 Å². The van der Waals surface area contributed by atoms with Gasteiger partial charge in [-0.1, -0.05) is 0 Å². The number of benzene rings is 2. The minimum atomic E-state index is -3.90. The second-order valence-electron chi connectivity index (χ2n) is 6.99. The number of likely N-dealkylation sites (N-methyl/N-ethyl adjacent to an activating group) is 1. The number of ether oxygens (including phenoxy) is 1. The molecule has 0 radical (unpaired) electrons. The van der Waals surface area contributed by atoms with Gasteiger partial charge in [-0.15, -0.1) is 0 Å². The molecule has 10 heteroatoms. The number of aromatic nitrogens is 1. The van der Waals surface area contributed by atoms with Crippen LogP contribution in [0.1, 0.15) is 16.7 Å². The van der Waals surface area contributed by atoms with Gasteiger partial charge in [0.15, 0.2) is 0 Å². The van der Waals surface area contributed by atoms with E-state index in [2.05, 4.69) is 10.3 Å². The quantitative estimate of drug-likeness (QED) is 0.570. The van der Waals surface area contributed by atoms with Crippen LogP contribution in [0, 0.1) is 29.6 Å². The summed E-state index contributed by atoms with van der Waals surface area (Å²) >= 11 is 0. The largest absolute Gasteiger partial charge is 0.438 e. The third-order valence-electron chi connectivity index (χ3n) is 4.64. The molecule has 0 bridgehead atoms. The van der Waals surface area contributed by atoms with Crippen molar-refractivity contribution < 1.29 is 17.9 Å². The predicted molar refractivity (Wildman–Crippen MR) is 120 cm³/mol. The van der Waals surface area contributed by atoms with Gasteiger partial charge in [-0.25, -0.2) is 13.4 Å². The van der Waals surface area contributed by atoms with Gasteiger partial charge >= 0.3 is 0 Å². The van der Waals surface area contributed by atoms with Gasteiger partial charge < -0.3 is 10.1 Å². The Morgan fingerprint density at radius 3 is 2.48 bits per heavy atom. The molecular formula is C23H19N5O4S. The first-order valence-corrected chi connectivity index (χ1v) is 11.1. The standard InChI is InChI=1S/C23H19N5O4S/c1-16-12-19(32-23-18(14-25)4-3-11-26-23)7-10-21(16)27-22(29)15-28(2)33(30,31)20-8-5-17(13-24)6-9-20/h3-12H,15H2,1-2H3,(H,27,29). The van der Waals surface area contributed by atoms with E-state index in [-0.39, 0.29) is 10.8 Å². The molecule has 0 unspecified atom stereocenters. The molecule has 0 aliphatic heterocycles. The van der Waals surface area contributed by atoms with Crippen molar-refractivity contribution in [2.45, 2.75) is 11.8 Å². The smallest absolute Gasteiger partial charge is 0.243 e. The summed E-state index contributed by atoms with van der Waals surface area (Å²) in [5.74, 6) is 0.0787. The van der Waals surface area contributed by atoms with E-state index >= 15 is 0 Å². The van der Waals surface area contributed by atoms with E-state index < -0.39 is 22.5 Å². The Morgan fingerprint density at radius 1 is 1.12 bits per heavy atom. The zero-order chi connectivity index (χ0) is 24.0. The fourth-order valence-corrected chi connectivity index (χ4v) is 3.99. The Balaban J connectivity index is 1.67. The third kappa shape index (κ3) is 5.52. The molecule has 3 aromatic rings. The van der Waals surface area contributed by atoms with Crippen molar-refractivity contribution in [1.29, 1.82) is 10.5 Å². The minimum Gasteiger partial charge on any atom is -0.438 e. The van der Waals surface area contributed by atoms with Crippen LogP contribution in [0.5, 0.6) is 11.6 Å². The number of nitriles is 2. The molecular weight excluding hydrogens is 442 g/mol. The summed E-state index contributed by atoms with van der Waals surface area (Å²) < 4.78 is 31.9. The number of sulfonamides is 1. The van der Waals surface area contributed by atoms with Crippen molar-refractivity contribution in [2.75, 3.05) is 18.9 Å². The topological polar surface area (TPSA) is 136 Å². The third-order valence-corrected chi connectivity index (χ3v) is 6.45. The highest BCUT2D eigenvalue weighted by Gasteiger charge is 2.23. The van der Waals surface area contributed by atoms with Crippen LogP contribution in [0.4, 0.5) is 5.69 Å². The molecule has 0 spiro atoms. The molecule has 0 saturated heterocycles. The van der Waals surface area contributed by atoms with Gasteiger partial charge in [-0.3, -0.25) is 4.79 Å². The highest BCUT2D eigenvalue weighted by molar-refractivity contribution is 7.89. The highest BCUT2D eigenvalue weighted by atomic mass is 32.2. The normalized spacial score (nSPS) is 10.8. The maximum Gasteiger partial charge on any atom is 0.243 e. The van der Waals surface area contributed by atoms with Gasteiger partial charge in [-0.2, -0.15) is 14.8 Å². The minimum absolute atomic E-state index is 0.0132. The molecule has 0 aliphatic rings. The summed E-state index contributed by atoms with van der Waals surface area (Å²) in [5, 5.41) is 20.7. The molecule has 1 N–H and O–H groups in total. The van der Waals surface area contributed by atoms with E-state index in [4.69, 9.17) is 15.3 Å². The lowest BCUT2D eigenvalue weighted by molar-refractivity contribution is -0.116. The maximum absolute atomic E-state index is 12.7. The van der Waals surface area contributed by atoms with Gasteiger partial charge in [0.25, 0.3) is 0 Å². The van der Waals surface area contributed by atoms with Crippen molar-refractivity contribution in [2.24, 2.45) is 0 Å². The predicted octanol–water partition coefficient (Wildman–Crippen LogP) is 3.18. The number of nitrogens with one attached hydrogen (secondary N) is 1. The first kappa shape index (κ1) is 23.4. The van der Waals surface area contributed by atoms with Crippen molar-refractivity contribution >= 4 is 21.6 Å². The Hall–Kier alpha value is -4.25. The summed E-state index contributed by atoms with van der Waals surface area (Å²) in [4.78, 5) is 16.5. The molecule has 1 aromatic heterocycles. The number of pyridine rings is 1. The number of hydrogen-bond acceptors (Lipinski definition) is 7. The van der Waals surface area contributed by atoms with Crippen LogP contribution in [0.3, 0.4) is 0 Å². The van der Waals surface area contributed by atoms with Crippen molar-refractivity contribution in [1.82, 2.24) is 9.29 Å². The van der Waals surface area contributed by atoms with Crippen molar-refractivity contribution in [3.8, 4) is 23.8 Å². The SMILES string of the molecule is Cc1cc(Oc2ncccc2C#N)ccc1NC(=O)CN(C)S(=O)(=O)c1ccc(C#N)cc1. The molecule has 1 heterocycles. The lowest BCUT2D eigenvalue weighted by atomic mass is 10.2. The molecule has 9 nitrogen and oxygen atoms in total. The van der Waals surface area contributed by atoms with Gasteiger partial charge in [0, 0.05) is 18.9 Å². The van der Waals surface area contributed by atoms with Crippen molar-refractivity contribution in [3.05, 3.63) is 77.5 Å². The number of carbonyl (C=O) groups excluding carboxylic acids is 1. The zero-order valence-electron chi connectivity index (χ0n) is 17.8. The summed E-state index contributed by atoms with van der Waals surface area (Å²) in [6, 6.07) is 17.5. The lowest BCUT2D eigenvalue weighted by Gasteiger charge is -2.17. The van der Waals surface area contributed by atoms with Crippen molar-refractivity contribution in [3.63, 3.8) is 0 Å². The summed E-state index contributed by atoms with van der Waals surface area (Å²) in [6.07, 6.45) is 1.51. The molecule has 2 aromatic carbocycles. The summed E-state index contributed by atoms with van der Waals surface area (Å²) in [7, 11) is -2.60. The monoisotopic (exact) mass is 461 g/mol. The molecule has 0 aliphatic carbocycles. The molecule has 33 heavy (non-hydrogen) atoms. The van der Waals surface area contributed by atoms with Crippen LogP contribution in [-0.2, 0) is 14.8 Å². The summed E-state index contributed by atoms with van der Waals surface area (Å²) in [6.45, 7) is 1.35. The zero-order valence-corrected chi connectivity index (χ0v) is 18.6. The number of carbonyl (C=O) groups is 1. The molecule has 0 saturated carbocycles. The van der Waals surface area contributed by atoms with Gasteiger partial charge in [-0.05, 0) is 67.1 Å². The van der Waals surface area contributed by atoms with Crippen LogP contribution < -0.4 is 10.1 Å². The number of nitrogens with zero attached hydrogens (tertiary/aromatic N) is 4. The van der Waals surface area contributed by atoms with E-state index in [1.54, 1.807) is 37.3 Å². The Labute approximate surface area is 191 Å². The first-order chi connectivity index (χ1) is 15.7. The molecule has 0 fully saturated rings. The fraction of sp³-hybridized carbons (Fsp3) is 0.130. The van der Waals surface area contributed by atoms with E-state index in [0.717, 1.165) is 4.31 Å². The molecule has 1 amide bonds. The Bertz CT molecular complexity index is 1370. The fourth-order valence-electron chi connectivity index (χ4n) is 2.87. The summed E-state index contributed by atoms with van der Waals surface area (Å²) in [5.41, 5.74) is 1.79. The van der Waals surface area contributed by atoms with Crippen LogP contribution >= 0.6 is 0 Å². The van der Waals surface area contributed by atoms with E-state index in [9.17, 15) is 13.2 Å². The Morgan fingerprint density at radius 2 is 1.85 bits per heavy atom. The van der Waals surface area contributed by atoms with E-state index in [0.29, 0.717) is 28.1 Å². The lowest BCUT2D eigenvalue weighted by Crippen LogP contribution is -2.35. The second kappa shape index (κ2) is 9.92. The first-order valence-electron chi connectivity index (χ1n) is 9.64. The number of anilines is 1. The van der Waals surface area contributed by atoms with E-state index in [1.165, 1.54) is 37.5 Å². The van der Waals surface area contributed by atoms with Crippen LogP contribution in [0.25, 0.3) is 0 Å². The average Bonchev–Trinajstić information content (AvgIpc) is 2.81. The second-order valence-corrected chi connectivity index (χ2v) is 9.04. The molecule has 0 atom stereocenters. The van der Waals surface area contributed by atoms with Gasteiger partial charge in [0.05, 0.1) is 23.1 Å². The van der Waals surface area contributed by atoms with Gasteiger partial charge in [0.2, 0.25) is 21.8 Å². The number of hydrogen-bond donors (Lipinski definition) is 1. The van der Waals surface area contributed by atoms with Crippen LogP contribution in [0.2, 0.25) is 0 Å². The average molecular weight is 462 g/mol. The van der Waals surface area contributed by atoms with Gasteiger partial charge in [0.1, 0.15) is 17.4 Å². The number of amides is 1. The number of rotatable bonds is 7. The molecule has 3 rings (SSSR count). The Kier molecular flexibility index (Phi) is 7.04. The highest BCUT2D eigenvalue weighted by Crippen LogP contribution is 2.27. The molecule has 166 valence electrons. The van der Waals surface area contributed by atoms with Crippen LogP contribution in [0.15, 0.2) is 65.7 Å².